The Bertz CT molecular complexity index is 917. The van der Waals surface area contributed by atoms with Crippen molar-refractivity contribution < 1.29 is 9.72 Å². The van der Waals surface area contributed by atoms with Gasteiger partial charge < -0.3 is 5.32 Å². The molecule has 2 aliphatic rings. The fourth-order valence-corrected chi connectivity index (χ4v) is 5.08. The van der Waals surface area contributed by atoms with E-state index < -0.39 is 4.92 Å². The predicted molar refractivity (Wildman–Crippen MR) is 102 cm³/mol. The number of hydrogen-bond acceptors (Lipinski definition) is 5. The van der Waals surface area contributed by atoms with E-state index in [4.69, 9.17) is 0 Å². The van der Waals surface area contributed by atoms with Crippen molar-refractivity contribution in [3.63, 3.8) is 0 Å². The van der Waals surface area contributed by atoms with Crippen molar-refractivity contribution >= 4 is 11.6 Å². The molecule has 4 unspecified atom stereocenters. The lowest BCUT2D eigenvalue weighted by Gasteiger charge is -2.28. The Morgan fingerprint density at radius 3 is 2.75 bits per heavy atom. The van der Waals surface area contributed by atoms with Crippen molar-refractivity contribution in [1.29, 1.82) is 0 Å². The Labute approximate surface area is 163 Å². The van der Waals surface area contributed by atoms with E-state index in [0.717, 1.165) is 11.8 Å². The zero-order valence-corrected chi connectivity index (χ0v) is 16.5. The van der Waals surface area contributed by atoms with Gasteiger partial charge in [0.05, 0.1) is 4.92 Å². The molecular weight excluding hydrogens is 360 g/mol. The highest BCUT2D eigenvalue weighted by Gasteiger charge is 2.42. The minimum atomic E-state index is -0.423. The van der Waals surface area contributed by atoms with E-state index in [9.17, 15) is 14.9 Å². The molecule has 2 aromatic rings. The zero-order valence-electron chi connectivity index (χ0n) is 16.5. The van der Waals surface area contributed by atoms with Gasteiger partial charge in [0.15, 0.2) is 0 Å². The van der Waals surface area contributed by atoms with Gasteiger partial charge in [0.1, 0.15) is 23.8 Å². The van der Waals surface area contributed by atoms with E-state index in [1.807, 2.05) is 0 Å². The van der Waals surface area contributed by atoms with Crippen molar-refractivity contribution in [3.8, 4) is 0 Å². The highest BCUT2D eigenvalue weighted by Crippen LogP contribution is 2.49. The number of nitrogens with zero attached hydrogens (tertiary/aromatic N) is 5. The fraction of sp³-hybridized carbons (Fsp3) is 0.632. The normalized spacial score (nSPS) is 24.5. The van der Waals surface area contributed by atoms with Gasteiger partial charge in [-0.05, 0) is 63.9 Å². The van der Waals surface area contributed by atoms with Crippen molar-refractivity contribution in [2.75, 3.05) is 0 Å². The Kier molecular flexibility index (Phi) is 4.68. The van der Waals surface area contributed by atoms with E-state index in [-0.39, 0.29) is 24.3 Å². The first-order valence-electron chi connectivity index (χ1n) is 9.86. The van der Waals surface area contributed by atoms with Crippen LogP contribution in [0.1, 0.15) is 54.5 Å². The number of rotatable bonds is 6. The lowest BCUT2D eigenvalue weighted by Crippen LogP contribution is -2.40. The van der Waals surface area contributed by atoms with E-state index in [2.05, 4.69) is 22.4 Å². The molecule has 0 spiro atoms. The highest BCUT2D eigenvalue weighted by atomic mass is 16.6. The van der Waals surface area contributed by atoms with Crippen LogP contribution < -0.4 is 5.32 Å². The van der Waals surface area contributed by atoms with Gasteiger partial charge in [-0.25, -0.2) is 4.68 Å². The van der Waals surface area contributed by atoms with Gasteiger partial charge in [0.25, 0.3) is 5.91 Å². The largest absolute Gasteiger partial charge is 0.348 e. The van der Waals surface area contributed by atoms with Crippen LogP contribution in [0.4, 0.5) is 5.69 Å². The number of carbonyl (C=O) groups excluding carboxylic acids is 1. The molecule has 2 saturated carbocycles. The van der Waals surface area contributed by atoms with Gasteiger partial charge in [-0.3, -0.25) is 19.6 Å². The minimum Gasteiger partial charge on any atom is -0.348 e. The minimum absolute atomic E-state index is 0.0183. The van der Waals surface area contributed by atoms with Gasteiger partial charge in [0, 0.05) is 12.2 Å². The third kappa shape index (κ3) is 3.29. The van der Waals surface area contributed by atoms with Gasteiger partial charge in [-0.1, -0.05) is 6.42 Å². The molecule has 2 aliphatic carbocycles. The molecule has 9 heteroatoms. The Morgan fingerprint density at radius 2 is 2.14 bits per heavy atom. The Hall–Kier alpha value is -2.71. The Morgan fingerprint density at radius 1 is 1.36 bits per heavy atom. The average Bonchev–Trinajstić information content (AvgIpc) is 3.40. The molecule has 4 rings (SSSR count). The first kappa shape index (κ1) is 18.6. The van der Waals surface area contributed by atoms with Gasteiger partial charge >= 0.3 is 5.69 Å². The van der Waals surface area contributed by atoms with Gasteiger partial charge in [0.2, 0.25) is 0 Å². The predicted octanol–water partition coefficient (Wildman–Crippen LogP) is 2.66. The fourth-order valence-electron chi connectivity index (χ4n) is 5.08. The second kappa shape index (κ2) is 7.03. The van der Waals surface area contributed by atoms with Crippen LogP contribution in [0.25, 0.3) is 0 Å². The number of nitro groups is 1. The Balaban J connectivity index is 1.41. The van der Waals surface area contributed by atoms with Crippen molar-refractivity contribution in [2.24, 2.45) is 17.8 Å². The standard InChI is InChI=1S/C19H26N6O3/c1-11(16-9-14-4-5-15(16)8-14)20-19(26)17-6-7-23(22-17)10-24-13(3)18(25(27)28)12(2)21-24/h6-7,11,14-16H,4-5,8-10H2,1-3H3,(H,20,26). The van der Waals surface area contributed by atoms with Gasteiger partial charge in [-0.15, -0.1) is 0 Å². The van der Waals surface area contributed by atoms with E-state index >= 15 is 0 Å². The molecule has 150 valence electrons. The topological polar surface area (TPSA) is 108 Å². The number of aromatic nitrogens is 4. The number of fused-ring (bicyclic) bond motifs is 2. The summed E-state index contributed by atoms with van der Waals surface area (Å²) >= 11 is 0. The quantitative estimate of drug-likeness (QED) is 0.606. The summed E-state index contributed by atoms with van der Waals surface area (Å²) in [7, 11) is 0. The summed E-state index contributed by atoms with van der Waals surface area (Å²) in [6.45, 7) is 5.58. The molecule has 2 fully saturated rings. The van der Waals surface area contributed by atoms with Crippen LogP contribution >= 0.6 is 0 Å². The molecule has 28 heavy (non-hydrogen) atoms. The maximum absolute atomic E-state index is 12.6. The first-order valence-corrected chi connectivity index (χ1v) is 9.86. The van der Waals surface area contributed by atoms with Crippen LogP contribution in [0.5, 0.6) is 0 Å². The smallest absolute Gasteiger partial charge is 0.312 e. The van der Waals surface area contributed by atoms with E-state index in [1.165, 1.54) is 30.4 Å². The summed E-state index contributed by atoms with van der Waals surface area (Å²) in [5.74, 6) is 1.99. The molecule has 9 nitrogen and oxygen atoms in total. The maximum atomic E-state index is 12.6. The second-order valence-corrected chi connectivity index (χ2v) is 8.26. The summed E-state index contributed by atoms with van der Waals surface area (Å²) < 4.78 is 3.10. The van der Waals surface area contributed by atoms with Crippen LogP contribution in [-0.4, -0.2) is 36.4 Å². The first-order chi connectivity index (χ1) is 13.3. The highest BCUT2D eigenvalue weighted by molar-refractivity contribution is 5.92. The zero-order chi connectivity index (χ0) is 20.0. The third-order valence-corrected chi connectivity index (χ3v) is 6.47. The molecule has 2 bridgehead atoms. The van der Waals surface area contributed by atoms with Crippen molar-refractivity contribution in [1.82, 2.24) is 24.9 Å². The summed E-state index contributed by atoms with van der Waals surface area (Å²) in [4.78, 5) is 23.3. The second-order valence-electron chi connectivity index (χ2n) is 8.26. The molecule has 0 saturated heterocycles. The van der Waals surface area contributed by atoms with Crippen LogP contribution in [0.3, 0.4) is 0 Å². The van der Waals surface area contributed by atoms with Crippen molar-refractivity contribution in [3.05, 3.63) is 39.5 Å². The van der Waals surface area contributed by atoms with E-state index in [1.54, 1.807) is 30.8 Å². The number of carbonyl (C=O) groups is 1. The number of nitrogens with one attached hydrogen (secondary N) is 1. The lowest BCUT2D eigenvalue weighted by molar-refractivity contribution is -0.386. The summed E-state index contributed by atoms with van der Waals surface area (Å²) in [6, 6.07) is 1.81. The SMILES string of the molecule is Cc1nn(Cn2ccc(C(=O)NC(C)C3CC4CCC3C4)n2)c(C)c1[N+](=O)[O-]. The monoisotopic (exact) mass is 386 g/mol. The van der Waals surface area contributed by atoms with E-state index in [0.29, 0.717) is 23.0 Å². The molecule has 2 heterocycles. The molecule has 1 N–H and O–H groups in total. The van der Waals surface area contributed by atoms with Crippen LogP contribution in [-0.2, 0) is 6.67 Å². The van der Waals surface area contributed by atoms with Crippen LogP contribution in [0.2, 0.25) is 0 Å². The third-order valence-electron chi connectivity index (χ3n) is 6.47. The molecular formula is C19H26N6O3. The molecule has 1 amide bonds. The average molecular weight is 386 g/mol. The summed E-state index contributed by atoms with van der Waals surface area (Å²) in [5.41, 5.74) is 1.21. The summed E-state index contributed by atoms with van der Waals surface area (Å²) in [6.07, 6.45) is 6.86. The van der Waals surface area contributed by atoms with Crippen LogP contribution in [0.15, 0.2) is 12.3 Å². The summed E-state index contributed by atoms with van der Waals surface area (Å²) in [5, 5.41) is 22.8. The van der Waals surface area contributed by atoms with Gasteiger partial charge in [-0.2, -0.15) is 10.2 Å². The molecule has 2 aromatic heterocycles. The number of hydrogen-bond donors (Lipinski definition) is 1. The van der Waals surface area contributed by atoms with Crippen molar-refractivity contribution in [2.45, 2.75) is 59.2 Å². The molecule has 0 aliphatic heterocycles. The lowest BCUT2D eigenvalue weighted by atomic mass is 9.84. The van der Waals surface area contributed by atoms with Crippen LogP contribution in [0, 0.1) is 41.7 Å². The number of aryl methyl sites for hydroxylation is 1. The molecule has 0 aromatic carbocycles. The molecule has 0 radical (unpaired) electrons. The number of amides is 1. The maximum Gasteiger partial charge on any atom is 0.312 e. The molecule has 4 atom stereocenters.